The van der Waals surface area contributed by atoms with Crippen LogP contribution in [0.25, 0.3) is 0 Å². The molecule has 120 valence electrons. The van der Waals surface area contributed by atoms with Crippen molar-refractivity contribution < 1.29 is 9.47 Å². The molecule has 0 fully saturated rings. The van der Waals surface area contributed by atoms with E-state index in [-0.39, 0.29) is 11.5 Å². The van der Waals surface area contributed by atoms with Gasteiger partial charge in [-0.1, -0.05) is 13.8 Å². The normalized spacial score (nSPS) is 10.4. The fourth-order valence-corrected chi connectivity index (χ4v) is 2.15. The zero-order valence-corrected chi connectivity index (χ0v) is 13.4. The van der Waals surface area contributed by atoms with Crippen molar-refractivity contribution in [3.8, 4) is 17.6 Å². The molecule has 6 heteroatoms. The summed E-state index contributed by atoms with van der Waals surface area (Å²) in [5, 5.41) is 8.88. The second-order valence-electron chi connectivity index (χ2n) is 5.29. The molecule has 0 saturated heterocycles. The lowest BCUT2D eigenvalue weighted by Crippen LogP contribution is -2.27. The van der Waals surface area contributed by atoms with Gasteiger partial charge in [-0.2, -0.15) is 5.26 Å². The summed E-state index contributed by atoms with van der Waals surface area (Å²) in [7, 11) is 1.52. The molecule has 2 rings (SSSR count). The second-order valence-corrected chi connectivity index (χ2v) is 5.29. The average molecular weight is 313 g/mol. The van der Waals surface area contributed by atoms with Crippen LogP contribution in [0, 0.1) is 11.3 Å². The van der Waals surface area contributed by atoms with Crippen molar-refractivity contribution in [1.29, 1.82) is 5.26 Å². The SMILES string of the molecule is COc1cc(C#N)ccc1OCCn1ccnc(C(C)C)c1=O. The predicted molar refractivity (Wildman–Crippen MR) is 85.8 cm³/mol. The molecule has 0 atom stereocenters. The average Bonchev–Trinajstić information content (AvgIpc) is 2.56. The summed E-state index contributed by atoms with van der Waals surface area (Å²) in [5.41, 5.74) is 0.947. The summed E-state index contributed by atoms with van der Waals surface area (Å²) in [6, 6.07) is 7.01. The highest BCUT2D eigenvalue weighted by atomic mass is 16.5. The molecule has 0 N–H and O–H groups in total. The number of rotatable bonds is 6. The summed E-state index contributed by atoms with van der Waals surface area (Å²) in [6.45, 7) is 4.59. The Hall–Kier alpha value is -2.81. The van der Waals surface area contributed by atoms with Gasteiger partial charge >= 0.3 is 0 Å². The van der Waals surface area contributed by atoms with Gasteiger partial charge in [0.15, 0.2) is 11.5 Å². The van der Waals surface area contributed by atoms with Gasteiger partial charge in [-0.25, -0.2) is 0 Å². The van der Waals surface area contributed by atoms with Crippen molar-refractivity contribution in [2.75, 3.05) is 13.7 Å². The lowest BCUT2D eigenvalue weighted by Gasteiger charge is -2.12. The van der Waals surface area contributed by atoms with Crippen LogP contribution in [-0.2, 0) is 6.54 Å². The van der Waals surface area contributed by atoms with Gasteiger partial charge in [0, 0.05) is 24.4 Å². The fraction of sp³-hybridized carbons (Fsp3) is 0.353. The van der Waals surface area contributed by atoms with Gasteiger partial charge in [-0.15, -0.1) is 0 Å². The van der Waals surface area contributed by atoms with Gasteiger partial charge < -0.3 is 14.0 Å². The van der Waals surface area contributed by atoms with E-state index in [4.69, 9.17) is 14.7 Å². The number of nitriles is 1. The highest BCUT2D eigenvalue weighted by Gasteiger charge is 2.09. The van der Waals surface area contributed by atoms with Gasteiger partial charge in [0.25, 0.3) is 5.56 Å². The monoisotopic (exact) mass is 313 g/mol. The van der Waals surface area contributed by atoms with Crippen molar-refractivity contribution in [2.24, 2.45) is 0 Å². The van der Waals surface area contributed by atoms with Gasteiger partial charge in [0.2, 0.25) is 0 Å². The minimum Gasteiger partial charge on any atom is -0.493 e. The molecule has 23 heavy (non-hydrogen) atoms. The molecule has 0 radical (unpaired) electrons. The predicted octanol–water partition coefficient (Wildman–Crippen LogP) is 2.33. The number of hydrogen-bond acceptors (Lipinski definition) is 5. The molecular weight excluding hydrogens is 294 g/mol. The Balaban J connectivity index is 2.08. The molecule has 1 aromatic carbocycles. The van der Waals surface area contributed by atoms with Crippen LogP contribution in [0.15, 0.2) is 35.4 Å². The first-order chi connectivity index (χ1) is 11.1. The molecule has 0 bridgehead atoms. The highest BCUT2D eigenvalue weighted by molar-refractivity contribution is 5.46. The van der Waals surface area contributed by atoms with Crippen LogP contribution in [0.4, 0.5) is 0 Å². The van der Waals surface area contributed by atoms with Crippen LogP contribution >= 0.6 is 0 Å². The second kappa shape index (κ2) is 7.45. The van der Waals surface area contributed by atoms with Crippen LogP contribution < -0.4 is 15.0 Å². The van der Waals surface area contributed by atoms with Gasteiger partial charge in [-0.05, 0) is 12.1 Å². The van der Waals surface area contributed by atoms with Crippen molar-refractivity contribution in [2.45, 2.75) is 26.3 Å². The van der Waals surface area contributed by atoms with E-state index in [2.05, 4.69) is 4.98 Å². The standard InChI is InChI=1S/C17H19N3O3/c1-12(2)16-17(21)20(7-6-19-16)8-9-23-14-5-4-13(11-18)10-15(14)22-3/h4-7,10,12H,8-9H2,1-3H3. The van der Waals surface area contributed by atoms with Gasteiger partial charge in [0.1, 0.15) is 12.3 Å². The molecular formula is C17H19N3O3. The van der Waals surface area contributed by atoms with E-state index in [1.165, 1.54) is 7.11 Å². The Morgan fingerprint density at radius 1 is 1.35 bits per heavy atom. The zero-order chi connectivity index (χ0) is 16.8. The molecule has 0 unspecified atom stereocenters. The van der Waals surface area contributed by atoms with Crippen molar-refractivity contribution in [1.82, 2.24) is 9.55 Å². The summed E-state index contributed by atoms with van der Waals surface area (Å²) in [5.74, 6) is 1.11. The molecule has 6 nitrogen and oxygen atoms in total. The largest absolute Gasteiger partial charge is 0.493 e. The summed E-state index contributed by atoms with van der Waals surface area (Å²) >= 11 is 0. The lowest BCUT2D eigenvalue weighted by molar-refractivity contribution is 0.277. The van der Waals surface area contributed by atoms with E-state index in [1.807, 2.05) is 19.9 Å². The smallest absolute Gasteiger partial charge is 0.272 e. The molecule has 1 aromatic heterocycles. The molecule has 0 saturated carbocycles. The number of ether oxygens (including phenoxy) is 2. The maximum Gasteiger partial charge on any atom is 0.272 e. The number of aromatic nitrogens is 2. The summed E-state index contributed by atoms with van der Waals surface area (Å²) in [6.07, 6.45) is 3.27. The third-order valence-electron chi connectivity index (χ3n) is 3.37. The summed E-state index contributed by atoms with van der Waals surface area (Å²) < 4.78 is 12.5. The van der Waals surface area contributed by atoms with Crippen LogP contribution in [0.1, 0.15) is 31.0 Å². The zero-order valence-electron chi connectivity index (χ0n) is 13.4. The van der Waals surface area contributed by atoms with Crippen molar-refractivity contribution >= 4 is 0 Å². The van der Waals surface area contributed by atoms with Crippen molar-refractivity contribution in [3.05, 3.63) is 52.2 Å². The van der Waals surface area contributed by atoms with Crippen LogP contribution in [0.5, 0.6) is 11.5 Å². The molecule has 0 aliphatic carbocycles. The first-order valence-electron chi connectivity index (χ1n) is 7.33. The van der Waals surface area contributed by atoms with Gasteiger partial charge in [0.05, 0.1) is 25.3 Å². The molecule has 0 spiro atoms. The van der Waals surface area contributed by atoms with E-state index in [0.717, 1.165) is 0 Å². The number of hydrogen-bond donors (Lipinski definition) is 0. The first kappa shape index (κ1) is 16.6. The van der Waals surface area contributed by atoms with Crippen LogP contribution in [0.2, 0.25) is 0 Å². The Labute approximate surface area is 134 Å². The Morgan fingerprint density at radius 3 is 2.78 bits per heavy atom. The minimum atomic E-state index is -0.0992. The van der Waals surface area contributed by atoms with E-state index < -0.39 is 0 Å². The van der Waals surface area contributed by atoms with Gasteiger partial charge in [-0.3, -0.25) is 9.78 Å². The summed E-state index contributed by atoms with van der Waals surface area (Å²) in [4.78, 5) is 16.4. The van der Waals surface area contributed by atoms with E-state index >= 15 is 0 Å². The maximum absolute atomic E-state index is 12.2. The molecule has 0 aliphatic rings. The maximum atomic E-state index is 12.2. The topological polar surface area (TPSA) is 77.1 Å². The number of benzene rings is 1. The third-order valence-corrected chi connectivity index (χ3v) is 3.37. The van der Waals surface area contributed by atoms with Crippen LogP contribution in [-0.4, -0.2) is 23.3 Å². The minimum absolute atomic E-state index is 0.0782. The fourth-order valence-electron chi connectivity index (χ4n) is 2.15. The van der Waals surface area contributed by atoms with E-state index in [0.29, 0.717) is 35.9 Å². The van der Waals surface area contributed by atoms with E-state index in [1.54, 1.807) is 35.2 Å². The van der Waals surface area contributed by atoms with Crippen molar-refractivity contribution in [3.63, 3.8) is 0 Å². The molecule has 1 heterocycles. The number of nitrogens with zero attached hydrogens (tertiary/aromatic N) is 3. The number of methoxy groups -OCH3 is 1. The quantitative estimate of drug-likeness (QED) is 0.818. The molecule has 0 amide bonds. The highest BCUT2D eigenvalue weighted by Crippen LogP contribution is 2.27. The Bertz CT molecular complexity index is 775. The molecule has 0 aliphatic heterocycles. The lowest BCUT2D eigenvalue weighted by atomic mass is 10.1. The molecule has 2 aromatic rings. The third kappa shape index (κ3) is 3.89. The Morgan fingerprint density at radius 2 is 2.13 bits per heavy atom. The Kier molecular flexibility index (Phi) is 5.36. The van der Waals surface area contributed by atoms with E-state index in [9.17, 15) is 4.79 Å². The van der Waals surface area contributed by atoms with Crippen LogP contribution in [0.3, 0.4) is 0 Å². The first-order valence-corrected chi connectivity index (χ1v) is 7.33.